The molecule has 2 nitrogen and oxygen atoms in total. The summed E-state index contributed by atoms with van der Waals surface area (Å²) in [7, 11) is 0. The summed E-state index contributed by atoms with van der Waals surface area (Å²) >= 11 is 0. The van der Waals surface area contributed by atoms with Gasteiger partial charge in [-0.15, -0.1) is 0 Å². The average molecular weight is 314 g/mol. The molecular weight excluding hydrogens is 298 g/mol. The highest BCUT2D eigenvalue weighted by molar-refractivity contribution is 5.85. The molecule has 4 heteroatoms. The molecule has 0 bridgehead atoms. The third-order valence-electron chi connectivity index (χ3n) is 3.11. The molecule has 0 radical (unpaired) electrons. The molecule has 2 aromatic carbocycles. The van der Waals surface area contributed by atoms with Crippen molar-refractivity contribution in [3.05, 3.63) is 89.5 Å². The van der Waals surface area contributed by atoms with Gasteiger partial charge in [0, 0.05) is 17.2 Å². The normalized spacial score (nSPS) is 10.6. The van der Waals surface area contributed by atoms with Gasteiger partial charge >= 0.3 is 5.97 Å². The minimum atomic E-state index is -0.509. The van der Waals surface area contributed by atoms with E-state index in [1.165, 1.54) is 30.4 Å². The van der Waals surface area contributed by atoms with Crippen molar-refractivity contribution in [3.63, 3.8) is 0 Å². The zero-order valence-corrected chi connectivity index (χ0v) is 12.6. The topological polar surface area (TPSA) is 26.3 Å². The Morgan fingerprint density at radius 3 is 2.00 bits per heavy atom. The number of ether oxygens (including phenoxy) is 1. The van der Waals surface area contributed by atoms with E-state index < -0.39 is 17.6 Å². The molecule has 0 aliphatic carbocycles. The number of carbonyl (C=O) groups is 1. The van der Waals surface area contributed by atoms with Gasteiger partial charge in [0.05, 0.1) is 6.61 Å². The summed E-state index contributed by atoms with van der Waals surface area (Å²) < 4.78 is 32.9. The molecule has 0 aliphatic rings. The van der Waals surface area contributed by atoms with Crippen LogP contribution in [0, 0.1) is 11.6 Å². The van der Waals surface area contributed by atoms with E-state index >= 15 is 0 Å². The predicted molar refractivity (Wildman–Crippen MR) is 85.7 cm³/mol. The van der Waals surface area contributed by atoms with E-state index in [9.17, 15) is 13.6 Å². The molecule has 0 atom stereocenters. The van der Waals surface area contributed by atoms with Crippen LogP contribution in [0.1, 0.15) is 18.1 Å². The third kappa shape index (κ3) is 4.36. The summed E-state index contributed by atoms with van der Waals surface area (Å²) in [6.07, 6.45) is 4.13. The zero-order valence-electron chi connectivity index (χ0n) is 12.6. The Bertz CT molecular complexity index is 701. The first-order valence-electron chi connectivity index (χ1n) is 7.18. The second-order valence-corrected chi connectivity index (χ2v) is 4.65. The first-order valence-corrected chi connectivity index (χ1v) is 7.18. The lowest BCUT2D eigenvalue weighted by Crippen LogP contribution is -1.99. The van der Waals surface area contributed by atoms with Crippen LogP contribution in [0.15, 0.2) is 66.8 Å². The van der Waals surface area contributed by atoms with E-state index in [-0.39, 0.29) is 17.7 Å². The highest BCUT2D eigenvalue weighted by Crippen LogP contribution is 2.27. The SMILES string of the molecule is CCOC(=O)/C=C\C=C(c1ccccc1F)c1ccccc1F. The summed E-state index contributed by atoms with van der Waals surface area (Å²) in [4.78, 5) is 11.3. The van der Waals surface area contributed by atoms with Crippen LogP contribution in [-0.2, 0) is 9.53 Å². The highest BCUT2D eigenvalue weighted by Gasteiger charge is 2.12. The van der Waals surface area contributed by atoms with E-state index in [4.69, 9.17) is 4.74 Å². The first-order chi connectivity index (χ1) is 11.1. The maximum atomic E-state index is 14.1. The molecule has 2 aromatic rings. The number of allylic oxidation sites excluding steroid dienone is 2. The van der Waals surface area contributed by atoms with Gasteiger partial charge in [-0.25, -0.2) is 13.6 Å². The van der Waals surface area contributed by atoms with Gasteiger partial charge in [0.2, 0.25) is 0 Å². The average Bonchev–Trinajstić information content (AvgIpc) is 2.54. The van der Waals surface area contributed by atoms with Gasteiger partial charge in [0.1, 0.15) is 11.6 Å². The third-order valence-corrected chi connectivity index (χ3v) is 3.11. The van der Waals surface area contributed by atoms with Crippen LogP contribution in [0.25, 0.3) is 5.57 Å². The van der Waals surface area contributed by atoms with E-state index in [1.54, 1.807) is 43.3 Å². The molecule has 0 saturated carbocycles. The van der Waals surface area contributed by atoms with Crippen LogP contribution in [0.3, 0.4) is 0 Å². The van der Waals surface area contributed by atoms with Crippen molar-refractivity contribution < 1.29 is 18.3 Å². The van der Waals surface area contributed by atoms with Crippen LogP contribution in [0.5, 0.6) is 0 Å². The van der Waals surface area contributed by atoms with Crippen molar-refractivity contribution in [2.75, 3.05) is 6.61 Å². The smallest absolute Gasteiger partial charge is 0.330 e. The van der Waals surface area contributed by atoms with Crippen LogP contribution < -0.4 is 0 Å². The number of hydrogen-bond acceptors (Lipinski definition) is 2. The number of rotatable bonds is 5. The molecule has 0 unspecified atom stereocenters. The lowest BCUT2D eigenvalue weighted by molar-refractivity contribution is -0.137. The fraction of sp³-hybridized carbons (Fsp3) is 0.105. The Balaban J connectivity index is 2.47. The monoisotopic (exact) mass is 314 g/mol. The zero-order chi connectivity index (χ0) is 16.7. The Morgan fingerprint density at radius 1 is 1.00 bits per heavy atom. The highest BCUT2D eigenvalue weighted by atomic mass is 19.1. The summed E-state index contributed by atoms with van der Waals surface area (Å²) in [5.41, 5.74) is 0.860. The standard InChI is InChI=1S/C19H16F2O2/c1-2-23-19(22)13-7-10-14(15-8-3-5-11-17(15)20)16-9-4-6-12-18(16)21/h3-13H,2H2,1H3/b13-7-. The van der Waals surface area contributed by atoms with Gasteiger partial charge in [-0.2, -0.15) is 0 Å². The van der Waals surface area contributed by atoms with Crippen molar-refractivity contribution in [1.29, 1.82) is 0 Å². The fourth-order valence-corrected chi connectivity index (χ4v) is 2.10. The van der Waals surface area contributed by atoms with E-state index in [0.29, 0.717) is 5.57 Å². The second-order valence-electron chi connectivity index (χ2n) is 4.65. The first kappa shape index (κ1) is 16.6. The molecule has 0 N–H and O–H groups in total. The van der Waals surface area contributed by atoms with Gasteiger partial charge in [-0.3, -0.25) is 0 Å². The van der Waals surface area contributed by atoms with Gasteiger partial charge in [0.25, 0.3) is 0 Å². The number of benzene rings is 2. The van der Waals surface area contributed by atoms with Crippen molar-refractivity contribution in [1.82, 2.24) is 0 Å². The molecule has 118 valence electrons. The largest absolute Gasteiger partial charge is 0.463 e. The van der Waals surface area contributed by atoms with Crippen LogP contribution in [0.4, 0.5) is 8.78 Å². The molecule has 0 heterocycles. The second kappa shape index (κ2) is 8.03. The molecule has 0 spiro atoms. The number of hydrogen-bond donors (Lipinski definition) is 0. The van der Waals surface area contributed by atoms with E-state index in [1.807, 2.05) is 0 Å². The number of halogens is 2. The summed E-state index contributed by atoms with van der Waals surface area (Å²) in [5, 5.41) is 0. The van der Waals surface area contributed by atoms with Crippen molar-refractivity contribution in [2.45, 2.75) is 6.92 Å². The number of esters is 1. The van der Waals surface area contributed by atoms with Crippen molar-refractivity contribution in [3.8, 4) is 0 Å². The van der Waals surface area contributed by atoms with E-state index in [2.05, 4.69) is 0 Å². The van der Waals surface area contributed by atoms with Crippen LogP contribution in [-0.4, -0.2) is 12.6 Å². The van der Waals surface area contributed by atoms with Gasteiger partial charge < -0.3 is 4.74 Å². The van der Waals surface area contributed by atoms with E-state index in [0.717, 1.165) is 0 Å². The quantitative estimate of drug-likeness (QED) is 0.461. The summed E-state index contributed by atoms with van der Waals surface area (Å²) in [6.45, 7) is 1.96. The molecule has 23 heavy (non-hydrogen) atoms. The molecule has 0 saturated heterocycles. The maximum Gasteiger partial charge on any atom is 0.330 e. The Morgan fingerprint density at radius 2 is 1.52 bits per heavy atom. The van der Waals surface area contributed by atoms with Gasteiger partial charge in [-0.1, -0.05) is 48.6 Å². The van der Waals surface area contributed by atoms with Gasteiger partial charge in [-0.05, 0) is 24.6 Å². The molecule has 0 aliphatic heterocycles. The van der Waals surface area contributed by atoms with Gasteiger partial charge in [0.15, 0.2) is 0 Å². The summed E-state index contributed by atoms with van der Waals surface area (Å²) in [5.74, 6) is -1.44. The lowest BCUT2D eigenvalue weighted by atomic mass is 9.96. The minimum Gasteiger partial charge on any atom is -0.463 e. The Hall–Kier alpha value is -2.75. The lowest BCUT2D eigenvalue weighted by Gasteiger charge is -2.10. The Kier molecular flexibility index (Phi) is 5.80. The molecule has 2 rings (SSSR count). The molecular formula is C19H16F2O2. The molecule has 0 aromatic heterocycles. The molecule has 0 fully saturated rings. The fourth-order valence-electron chi connectivity index (χ4n) is 2.10. The van der Waals surface area contributed by atoms with Crippen molar-refractivity contribution in [2.24, 2.45) is 0 Å². The predicted octanol–water partition coefficient (Wildman–Crippen LogP) is 4.52. The van der Waals surface area contributed by atoms with Crippen LogP contribution >= 0.6 is 0 Å². The molecule has 0 amide bonds. The van der Waals surface area contributed by atoms with Crippen molar-refractivity contribution >= 4 is 11.5 Å². The number of carbonyl (C=O) groups excluding carboxylic acids is 1. The minimum absolute atomic E-state index is 0.256. The maximum absolute atomic E-state index is 14.1. The summed E-state index contributed by atoms with van der Waals surface area (Å²) in [6, 6.07) is 12.2. The Labute approximate surface area is 133 Å². The van der Waals surface area contributed by atoms with Crippen LogP contribution in [0.2, 0.25) is 0 Å².